The van der Waals surface area contributed by atoms with Gasteiger partial charge in [-0.3, -0.25) is 4.79 Å². The third-order valence-electron chi connectivity index (χ3n) is 4.51. The highest BCUT2D eigenvalue weighted by Gasteiger charge is 2.18. The molecule has 0 unspecified atom stereocenters. The lowest BCUT2D eigenvalue weighted by molar-refractivity contribution is 0.0955. The molecule has 4 rings (SSSR count). The molecule has 1 aliphatic heterocycles. The standard InChI is InChI=1S/C22H19N3O/c26-22(18-6-2-1-3-7-18)24-23-14-17-10-12-21(13-11-17)25-15-19-8-4-5-9-20(19)16-25/h1-14H,15-16H2,(H,24,26)/b23-14-. The maximum Gasteiger partial charge on any atom is 0.271 e. The topological polar surface area (TPSA) is 44.7 Å². The molecule has 3 aromatic rings. The van der Waals surface area contributed by atoms with E-state index in [1.165, 1.54) is 16.8 Å². The van der Waals surface area contributed by atoms with Crippen LogP contribution in [0.2, 0.25) is 0 Å². The lowest BCUT2D eigenvalue weighted by Gasteiger charge is -2.17. The van der Waals surface area contributed by atoms with Crippen molar-refractivity contribution in [1.82, 2.24) is 5.43 Å². The Bertz CT molecular complexity index is 908. The van der Waals surface area contributed by atoms with Gasteiger partial charge in [-0.2, -0.15) is 5.10 Å². The number of carbonyl (C=O) groups is 1. The van der Waals surface area contributed by atoms with Gasteiger partial charge in [-0.25, -0.2) is 5.43 Å². The molecule has 0 spiro atoms. The molecule has 0 saturated heterocycles. The predicted molar refractivity (Wildman–Crippen MR) is 104 cm³/mol. The molecule has 26 heavy (non-hydrogen) atoms. The van der Waals surface area contributed by atoms with E-state index in [2.05, 4.69) is 51.8 Å². The summed E-state index contributed by atoms with van der Waals surface area (Å²) in [4.78, 5) is 14.3. The lowest BCUT2D eigenvalue weighted by Crippen LogP contribution is -2.17. The van der Waals surface area contributed by atoms with Crippen molar-refractivity contribution in [3.05, 3.63) is 101 Å². The van der Waals surface area contributed by atoms with Gasteiger partial charge in [0.2, 0.25) is 0 Å². The second-order valence-corrected chi connectivity index (χ2v) is 6.28. The van der Waals surface area contributed by atoms with Crippen molar-refractivity contribution in [1.29, 1.82) is 0 Å². The highest BCUT2D eigenvalue weighted by Crippen LogP contribution is 2.27. The zero-order valence-corrected chi connectivity index (χ0v) is 14.3. The highest BCUT2D eigenvalue weighted by atomic mass is 16.2. The summed E-state index contributed by atoms with van der Waals surface area (Å²) in [5.41, 5.74) is 8.05. The van der Waals surface area contributed by atoms with Crippen LogP contribution in [0.25, 0.3) is 0 Å². The Morgan fingerprint density at radius 2 is 1.46 bits per heavy atom. The van der Waals surface area contributed by atoms with Crippen LogP contribution < -0.4 is 10.3 Å². The van der Waals surface area contributed by atoms with Crippen LogP contribution in [0.15, 0.2) is 84.0 Å². The van der Waals surface area contributed by atoms with E-state index in [0.717, 1.165) is 18.7 Å². The van der Waals surface area contributed by atoms with Crippen LogP contribution in [0, 0.1) is 0 Å². The Morgan fingerprint density at radius 3 is 2.12 bits per heavy atom. The normalized spacial score (nSPS) is 13.0. The summed E-state index contributed by atoms with van der Waals surface area (Å²) >= 11 is 0. The number of nitrogens with zero attached hydrogens (tertiary/aromatic N) is 2. The second kappa shape index (κ2) is 7.23. The van der Waals surface area contributed by atoms with E-state index < -0.39 is 0 Å². The van der Waals surface area contributed by atoms with Gasteiger partial charge in [-0.15, -0.1) is 0 Å². The molecule has 1 amide bonds. The van der Waals surface area contributed by atoms with Gasteiger partial charge in [0.05, 0.1) is 6.21 Å². The van der Waals surface area contributed by atoms with Crippen LogP contribution in [0.1, 0.15) is 27.0 Å². The minimum Gasteiger partial charge on any atom is -0.363 e. The fourth-order valence-corrected chi connectivity index (χ4v) is 3.11. The number of anilines is 1. The van der Waals surface area contributed by atoms with E-state index >= 15 is 0 Å². The zero-order valence-electron chi connectivity index (χ0n) is 14.3. The minimum atomic E-state index is -0.215. The van der Waals surface area contributed by atoms with Gasteiger partial charge in [0.25, 0.3) is 5.91 Å². The smallest absolute Gasteiger partial charge is 0.271 e. The van der Waals surface area contributed by atoms with E-state index in [-0.39, 0.29) is 5.91 Å². The summed E-state index contributed by atoms with van der Waals surface area (Å²) in [5, 5.41) is 4.04. The SMILES string of the molecule is O=C(N/N=C\c1ccc(N2Cc3ccccc3C2)cc1)c1ccccc1. The van der Waals surface area contributed by atoms with Gasteiger partial charge in [-0.1, -0.05) is 54.6 Å². The van der Waals surface area contributed by atoms with Crippen LogP contribution in [0.5, 0.6) is 0 Å². The molecule has 1 aliphatic rings. The van der Waals surface area contributed by atoms with Gasteiger partial charge in [0.15, 0.2) is 0 Å². The molecule has 0 saturated carbocycles. The molecule has 0 atom stereocenters. The Morgan fingerprint density at radius 1 is 0.846 bits per heavy atom. The molecule has 0 aromatic heterocycles. The third kappa shape index (κ3) is 3.49. The number of benzene rings is 3. The number of carbonyl (C=O) groups excluding carboxylic acids is 1. The predicted octanol–water partition coefficient (Wildman–Crippen LogP) is 3.97. The van der Waals surface area contributed by atoms with E-state index in [9.17, 15) is 4.79 Å². The number of amides is 1. The number of hydrazone groups is 1. The van der Waals surface area contributed by atoms with Gasteiger partial charge < -0.3 is 4.90 Å². The van der Waals surface area contributed by atoms with Gasteiger partial charge in [0.1, 0.15) is 0 Å². The Labute approximate surface area is 152 Å². The second-order valence-electron chi connectivity index (χ2n) is 6.28. The van der Waals surface area contributed by atoms with Crippen molar-refractivity contribution < 1.29 is 4.79 Å². The molecule has 0 aliphatic carbocycles. The molecular weight excluding hydrogens is 322 g/mol. The van der Waals surface area contributed by atoms with Crippen molar-refractivity contribution in [2.24, 2.45) is 5.10 Å². The van der Waals surface area contributed by atoms with Crippen LogP contribution in [-0.2, 0) is 13.1 Å². The maximum absolute atomic E-state index is 11.9. The van der Waals surface area contributed by atoms with Crippen LogP contribution in [0.4, 0.5) is 5.69 Å². The summed E-state index contributed by atoms with van der Waals surface area (Å²) in [6.45, 7) is 1.88. The summed E-state index contributed by atoms with van der Waals surface area (Å²) < 4.78 is 0. The number of fused-ring (bicyclic) bond motifs is 1. The highest BCUT2D eigenvalue weighted by molar-refractivity contribution is 5.94. The summed E-state index contributed by atoms with van der Waals surface area (Å²) in [5.74, 6) is -0.215. The van der Waals surface area contributed by atoms with Crippen molar-refractivity contribution >= 4 is 17.8 Å². The quantitative estimate of drug-likeness (QED) is 0.576. The lowest BCUT2D eigenvalue weighted by atomic mass is 10.1. The summed E-state index contributed by atoms with van der Waals surface area (Å²) in [6.07, 6.45) is 1.66. The van der Waals surface area contributed by atoms with E-state index in [0.29, 0.717) is 5.56 Å². The van der Waals surface area contributed by atoms with Crippen molar-refractivity contribution in [3.63, 3.8) is 0 Å². The van der Waals surface area contributed by atoms with Crippen LogP contribution >= 0.6 is 0 Å². The molecule has 1 N–H and O–H groups in total. The molecular formula is C22H19N3O. The fourth-order valence-electron chi connectivity index (χ4n) is 3.11. The number of rotatable bonds is 4. The van der Waals surface area contributed by atoms with Gasteiger partial charge >= 0.3 is 0 Å². The number of nitrogens with one attached hydrogen (secondary N) is 1. The third-order valence-corrected chi connectivity index (χ3v) is 4.51. The summed E-state index contributed by atoms with van der Waals surface area (Å²) in [7, 11) is 0. The molecule has 128 valence electrons. The van der Waals surface area contributed by atoms with E-state index in [1.54, 1.807) is 18.3 Å². The molecule has 0 bridgehead atoms. The van der Waals surface area contributed by atoms with Crippen LogP contribution in [-0.4, -0.2) is 12.1 Å². The van der Waals surface area contributed by atoms with Crippen molar-refractivity contribution in [3.8, 4) is 0 Å². The fraction of sp³-hybridized carbons (Fsp3) is 0.0909. The molecule has 3 aromatic carbocycles. The van der Waals surface area contributed by atoms with Crippen molar-refractivity contribution in [2.75, 3.05) is 4.90 Å². The number of hydrogen-bond donors (Lipinski definition) is 1. The first-order valence-corrected chi connectivity index (χ1v) is 8.60. The number of hydrogen-bond acceptors (Lipinski definition) is 3. The maximum atomic E-state index is 11.9. The van der Waals surface area contributed by atoms with Crippen LogP contribution in [0.3, 0.4) is 0 Å². The average Bonchev–Trinajstić information content (AvgIpc) is 3.13. The van der Waals surface area contributed by atoms with E-state index in [4.69, 9.17) is 0 Å². The van der Waals surface area contributed by atoms with Crippen molar-refractivity contribution in [2.45, 2.75) is 13.1 Å². The summed E-state index contributed by atoms with van der Waals surface area (Å²) in [6, 6.07) is 25.8. The Kier molecular flexibility index (Phi) is 4.48. The Balaban J connectivity index is 1.37. The molecule has 1 heterocycles. The average molecular weight is 341 g/mol. The molecule has 4 heteroatoms. The molecule has 4 nitrogen and oxygen atoms in total. The first-order chi connectivity index (χ1) is 12.8. The molecule has 0 radical (unpaired) electrons. The van der Waals surface area contributed by atoms with Gasteiger partial charge in [-0.05, 0) is 41.0 Å². The largest absolute Gasteiger partial charge is 0.363 e. The van der Waals surface area contributed by atoms with Gasteiger partial charge in [0, 0.05) is 24.3 Å². The molecule has 0 fully saturated rings. The first-order valence-electron chi connectivity index (χ1n) is 8.60. The zero-order chi connectivity index (χ0) is 17.8. The first kappa shape index (κ1) is 16.1. The van der Waals surface area contributed by atoms with E-state index in [1.807, 2.05) is 30.3 Å². The minimum absolute atomic E-state index is 0.215. The monoisotopic (exact) mass is 341 g/mol. The Hall–Kier alpha value is -3.40.